The first-order valence-corrected chi connectivity index (χ1v) is 11.4. The topological polar surface area (TPSA) is 117 Å². The third kappa shape index (κ3) is 4.04. The number of carbonyl (C=O) groups is 3. The van der Waals surface area contributed by atoms with E-state index in [2.05, 4.69) is 4.98 Å². The molecule has 0 unspecified atom stereocenters. The smallest absolute Gasteiger partial charge is 0.543 e. The molecule has 4 atom stereocenters. The van der Waals surface area contributed by atoms with Gasteiger partial charge in [-0.3, -0.25) is 9.59 Å². The van der Waals surface area contributed by atoms with Gasteiger partial charge in [0.05, 0.1) is 29.7 Å². The number of nitrogens with zero attached hydrogens (tertiary/aromatic N) is 4. The van der Waals surface area contributed by atoms with Crippen LogP contribution in [0.25, 0.3) is 0 Å². The molecule has 2 fully saturated rings. The van der Waals surface area contributed by atoms with Crippen LogP contribution in [0.2, 0.25) is 0 Å². The van der Waals surface area contributed by atoms with Gasteiger partial charge in [-0.15, -0.1) is 23.1 Å². The fraction of sp³-hybridized carbons (Fsp3) is 0.579. The summed E-state index contributed by atoms with van der Waals surface area (Å²) in [6, 6.07) is -0.331. The second kappa shape index (κ2) is 9.03. The minimum absolute atomic E-state index is 0. The molecule has 31 heavy (non-hydrogen) atoms. The number of thiazole rings is 1. The predicted molar refractivity (Wildman–Crippen MR) is 111 cm³/mol. The van der Waals surface area contributed by atoms with Crippen molar-refractivity contribution in [2.45, 2.75) is 31.2 Å². The Morgan fingerprint density at radius 2 is 2.03 bits per heavy atom. The molecule has 0 saturated carbocycles. The molecular formula is C19H23N4NaO5S2. The minimum Gasteiger partial charge on any atom is -0.543 e. The molecule has 9 nitrogen and oxygen atoms in total. The number of hydrogen-bond acceptors (Lipinski definition) is 9. The van der Waals surface area contributed by atoms with Crippen LogP contribution in [0, 0.1) is 11.8 Å². The van der Waals surface area contributed by atoms with Crippen molar-refractivity contribution in [1.29, 1.82) is 0 Å². The van der Waals surface area contributed by atoms with Crippen LogP contribution in [0.1, 0.15) is 24.3 Å². The Hall–Kier alpha value is -1.11. The van der Waals surface area contributed by atoms with Crippen molar-refractivity contribution in [2.24, 2.45) is 11.8 Å². The van der Waals surface area contributed by atoms with Crippen molar-refractivity contribution in [3.05, 3.63) is 21.7 Å². The Morgan fingerprint density at radius 1 is 1.39 bits per heavy atom. The molecular weight excluding hydrogens is 451 g/mol. The number of carbonyl (C=O) groups excluding carboxylic acids is 3. The van der Waals surface area contributed by atoms with Gasteiger partial charge in [0.25, 0.3) is 5.91 Å². The van der Waals surface area contributed by atoms with Crippen molar-refractivity contribution in [2.75, 3.05) is 32.1 Å². The van der Waals surface area contributed by atoms with Crippen molar-refractivity contribution >= 4 is 46.0 Å². The Labute approximate surface area is 210 Å². The number of aromatic nitrogens is 1. The van der Waals surface area contributed by atoms with E-state index >= 15 is 0 Å². The number of fused-ring (bicyclic) bond motifs is 1. The number of aliphatic carboxylic acids is 1. The van der Waals surface area contributed by atoms with Crippen LogP contribution >= 0.6 is 23.1 Å². The van der Waals surface area contributed by atoms with Crippen molar-refractivity contribution in [1.82, 2.24) is 14.8 Å². The van der Waals surface area contributed by atoms with Gasteiger partial charge in [0.15, 0.2) is 5.13 Å². The molecule has 12 heteroatoms. The third-order valence-electron chi connectivity index (χ3n) is 5.83. The summed E-state index contributed by atoms with van der Waals surface area (Å²) < 4.78 is 0. The monoisotopic (exact) mass is 474 g/mol. The first kappa shape index (κ1) is 24.5. The Bertz CT molecular complexity index is 943. The molecule has 2 saturated heterocycles. The van der Waals surface area contributed by atoms with Gasteiger partial charge in [0.1, 0.15) is 5.69 Å². The maximum Gasteiger partial charge on any atom is 1.00 e. The fourth-order valence-electron chi connectivity index (χ4n) is 4.25. The van der Waals surface area contributed by atoms with Gasteiger partial charge in [0, 0.05) is 48.6 Å². The summed E-state index contributed by atoms with van der Waals surface area (Å²) in [5.41, 5.74) is 0.362. The first-order valence-electron chi connectivity index (χ1n) is 9.67. The van der Waals surface area contributed by atoms with Gasteiger partial charge < -0.3 is 29.7 Å². The Balaban J connectivity index is 0.00000272. The Morgan fingerprint density at radius 3 is 2.58 bits per heavy atom. The van der Waals surface area contributed by atoms with Crippen LogP contribution < -0.4 is 39.6 Å². The maximum absolute atomic E-state index is 12.4. The zero-order valence-corrected chi connectivity index (χ0v) is 21.7. The van der Waals surface area contributed by atoms with E-state index in [9.17, 15) is 24.6 Å². The molecule has 162 valence electrons. The summed E-state index contributed by atoms with van der Waals surface area (Å²) in [5, 5.41) is 24.3. The van der Waals surface area contributed by atoms with Gasteiger partial charge in [-0.05, 0) is 6.92 Å². The SMILES string of the molecule is C[C@@H](O)[C@H]1C(=O)N2C(C(=O)[O-])=C(SC3CN(c4nc(C(=O)N(C)C)cs4)C3)[C@H](C)[C@H]12.[Na+]. The van der Waals surface area contributed by atoms with Crippen molar-refractivity contribution in [3.8, 4) is 0 Å². The van der Waals surface area contributed by atoms with E-state index in [1.165, 1.54) is 32.9 Å². The van der Waals surface area contributed by atoms with E-state index < -0.39 is 18.0 Å². The number of amides is 2. The molecule has 0 spiro atoms. The molecule has 0 bridgehead atoms. The fourth-order valence-corrected chi connectivity index (χ4v) is 6.59. The predicted octanol–water partition coefficient (Wildman–Crippen LogP) is -3.41. The molecule has 1 N–H and O–H groups in total. The molecule has 4 rings (SSSR count). The minimum atomic E-state index is -1.35. The number of β-lactam (4-membered cyclic amide) rings is 1. The normalized spacial score (nSPS) is 26.1. The van der Waals surface area contributed by atoms with E-state index in [1.807, 2.05) is 11.8 Å². The standard InChI is InChI=1S/C19H24N4O5S2.Na/c1-8-13-12(9(2)24)17(26)23(13)14(18(27)28)15(8)30-10-5-22(6-10)19-20-11(7-29-19)16(25)21(3)4;/h7-10,12-13,24H,5-6H2,1-4H3,(H,27,28);/q;+1/p-1/t8-,9-,12-,13-;/m1./s1. The van der Waals surface area contributed by atoms with Crippen LogP contribution in [0.15, 0.2) is 16.0 Å². The molecule has 1 aromatic heterocycles. The molecule has 0 aromatic carbocycles. The van der Waals surface area contributed by atoms with Crippen LogP contribution in [-0.2, 0) is 9.59 Å². The number of rotatable bonds is 6. The zero-order valence-electron chi connectivity index (χ0n) is 18.1. The van der Waals surface area contributed by atoms with Crippen LogP contribution in [-0.4, -0.2) is 82.3 Å². The third-order valence-corrected chi connectivity index (χ3v) is 8.18. The van der Waals surface area contributed by atoms with Gasteiger partial charge >= 0.3 is 29.6 Å². The number of carboxylic acid groups (broad SMARTS) is 1. The molecule has 0 radical (unpaired) electrons. The average Bonchev–Trinajstić information content (AvgIpc) is 3.19. The largest absolute Gasteiger partial charge is 1.00 e. The van der Waals surface area contributed by atoms with E-state index in [4.69, 9.17) is 0 Å². The summed E-state index contributed by atoms with van der Waals surface area (Å²) in [6.45, 7) is 4.79. The molecule has 4 heterocycles. The second-order valence-electron chi connectivity index (χ2n) is 8.11. The molecule has 0 aliphatic carbocycles. The summed E-state index contributed by atoms with van der Waals surface area (Å²) in [5.74, 6) is -2.60. The van der Waals surface area contributed by atoms with E-state index in [0.717, 1.165) is 5.13 Å². The maximum atomic E-state index is 12.4. The van der Waals surface area contributed by atoms with Crippen LogP contribution in [0.5, 0.6) is 0 Å². The summed E-state index contributed by atoms with van der Waals surface area (Å²) in [6.07, 6.45) is -0.822. The van der Waals surface area contributed by atoms with Gasteiger partial charge in [-0.1, -0.05) is 6.92 Å². The van der Waals surface area contributed by atoms with Crippen molar-refractivity contribution < 1.29 is 54.2 Å². The van der Waals surface area contributed by atoms with Gasteiger partial charge in [-0.25, -0.2) is 4.98 Å². The summed E-state index contributed by atoms with van der Waals surface area (Å²) >= 11 is 2.87. The molecule has 3 aliphatic rings. The second-order valence-corrected chi connectivity index (χ2v) is 10.3. The van der Waals surface area contributed by atoms with E-state index in [-0.39, 0.29) is 64.3 Å². The summed E-state index contributed by atoms with van der Waals surface area (Å²) in [7, 11) is 3.36. The number of aliphatic hydroxyl groups excluding tert-OH is 1. The van der Waals surface area contributed by atoms with E-state index in [0.29, 0.717) is 23.7 Å². The average molecular weight is 475 g/mol. The molecule has 1 aromatic rings. The first-order chi connectivity index (χ1) is 14.1. The summed E-state index contributed by atoms with van der Waals surface area (Å²) in [4.78, 5) is 46.0. The van der Waals surface area contributed by atoms with Crippen LogP contribution in [0.4, 0.5) is 5.13 Å². The number of anilines is 1. The van der Waals surface area contributed by atoms with Crippen molar-refractivity contribution in [3.63, 3.8) is 0 Å². The van der Waals surface area contributed by atoms with Crippen LogP contribution in [0.3, 0.4) is 0 Å². The van der Waals surface area contributed by atoms with Gasteiger partial charge in [0.2, 0.25) is 5.91 Å². The molecule has 3 aliphatic heterocycles. The van der Waals surface area contributed by atoms with Gasteiger partial charge in [-0.2, -0.15) is 0 Å². The number of thioether (sulfide) groups is 1. The quantitative estimate of drug-likeness (QED) is 0.335. The number of aliphatic hydroxyl groups is 1. The number of carboxylic acids is 1. The molecule has 2 amide bonds. The van der Waals surface area contributed by atoms with E-state index in [1.54, 1.807) is 26.4 Å². The zero-order chi connectivity index (χ0) is 21.9. The Kier molecular flexibility index (Phi) is 7.14. The number of hydrogen-bond donors (Lipinski definition) is 1.